The van der Waals surface area contributed by atoms with Crippen LogP contribution in [0.4, 0.5) is 10.5 Å². The minimum atomic E-state index is -0.0739. The van der Waals surface area contributed by atoms with Gasteiger partial charge in [0.1, 0.15) is 0 Å². The number of para-hydroxylation sites is 1. The molecule has 0 radical (unpaired) electrons. The molecule has 0 aromatic heterocycles. The molecule has 3 heteroatoms. The summed E-state index contributed by atoms with van der Waals surface area (Å²) in [5.74, 6) is 0.645. The summed E-state index contributed by atoms with van der Waals surface area (Å²) < 4.78 is 0. The third-order valence-electron chi connectivity index (χ3n) is 5.81. The molecule has 3 aromatic carbocycles. The second-order valence-corrected chi connectivity index (χ2v) is 8.75. The smallest absolute Gasteiger partial charge is 0.313 e. The van der Waals surface area contributed by atoms with Gasteiger partial charge in [-0.05, 0) is 41.0 Å². The molecule has 1 unspecified atom stereocenters. The van der Waals surface area contributed by atoms with E-state index in [0.29, 0.717) is 18.4 Å². The molecule has 3 aromatic rings. The van der Waals surface area contributed by atoms with E-state index in [4.69, 9.17) is 0 Å². The third-order valence-corrected chi connectivity index (χ3v) is 5.81. The summed E-state index contributed by atoms with van der Waals surface area (Å²) in [5.41, 5.74) is 5.53. The SMILES string of the molecule is CC(C)c1cccc(C(C)C)c1NC(=O)N(Cc1ccccc1)C(C)c1ccccc1. The quantitative estimate of drug-likeness (QED) is 0.421. The normalized spacial score (nSPS) is 12.1. The Hall–Kier alpha value is -3.07. The molecule has 3 nitrogen and oxygen atoms in total. The van der Waals surface area contributed by atoms with Crippen molar-refractivity contribution in [2.75, 3.05) is 5.32 Å². The molecule has 0 saturated carbocycles. The minimum Gasteiger partial charge on any atom is -0.313 e. The molecule has 0 aliphatic carbocycles. The third kappa shape index (κ3) is 5.55. The molecule has 0 aliphatic heterocycles. The number of nitrogens with zero attached hydrogens (tertiary/aromatic N) is 1. The van der Waals surface area contributed by atoms with Crippen LogP contribution in [0.3, 0.4) is 0 Å². The molecule has 0 fully saturated rings. The van der Waals surface area contributed by atoms with Crippen LogP contribution in [-0.2, 0) is 6.54 Å². The summed E-state index contributed by atoms with van der Waals surface area (Å²) in [6, 6.07) is 26.6. The second kappa shape index (κ2) is 10.3. The highest BCUT2D eigenvalue weighted by molar-refractivity contribution is 5.91. The topological polar surface area (TPSA) is 32.3 Å². The van der Waals surface area contributed by atoms with E-state index in [1.807, 2.05) is 41.3 Å². The van der Waals surface area contributed by atoms with Gasteiger partial charge >= 0.3 is 6.03 Å². The van der Waals surface area contributed by atoms with Crippen molar-refractivity contribution >= 4 is 11.7 Å². The van der Waals surface area contributed by atoms with Gasteiger partial charge in [-0.15, -0.1) is 0 Å². The summed E-state index contributed by atoms with van der Waals surface area (Å²) in [4.78, 5) is 15.6. The molecular formula is C28H34N2O. The van der Waals surface area contributed by atoms with Crippen LogP contribution in [-0.4, -0.2) is 10.9 Å². The van der Waals surface area contributed by atoms with Crippen LogP contribution in [0.5, 0.6) is 0 Å². The summed E-state index contributed by atoms with van der Waals surface area (Å²) >= 11 is 0. The first kappa shape index (κ1) is 22.6. The number of carbonyl (C=O) groups is 1. The lowest BCUT2D eigenvalue weighted by Gasteiger charge is -2.31. The molecule has 31 heavy (non-hydrogen) atoms. The Balaban J connectivity index is 1.97. The van der Waals surface area contributed by atoms with Gasteiger partial charge in [0.15, 0.2) is 0 Å². The molecule has 1 atom stereocenters. The lowest BCUT2D eigenvalue weighted by molar-refractivity contribution is 0.189. The zero-order chi connectivity index (χ0) is 22.4. The number of hydrogen-bond acceptors (Lipinski definition) is 1. The van der Waals surface area contributed by atoms with Crippen LogP contribution < -0.4 is 5.32 Å². The standard InChI is InChI=1S/C28H34N2O/c1-20(2)25-17-12-18-26(21(3)4)27(25)29-28(31)30(19-23-13-8-6-9-14-23)22(5)24-15-10-7-11-16-24/h6-18,20-22H,19H2,1-5H3,(H,29,31). The second-order valence-electron chi connectivity index (χ2n) is 8.75. The lowest BCUT2D eigenvalue weighted by Crippen LogP contribution is -2.37. The van der Waals surface area contributed by atoms with Crippen molar-refractivity contribution < 1.29 is 4.79 Å². The lowest BCUT2D eigenvalue weighted by atomic mass is 9.92. The maximum Gasteiger partial charge on any atom is 0.322 e. The zero-order valence-electron chi connectivity index (χ0n) is 19.3. The Labute approximate surface area is 187 Å². The Kier molecular flexibility index (Phi) is 7.51. The van der Waals surface area contributed by atoms with Crippen molar-refractivity contribution in [3.8, 4) is 0 Å². The Morgan fingerprint density at radius 3 is 1.77 bits per heavy atom. The first-order valence-electron chi connectivity index (χ1n) is 11.2. The van der Waals surface area contributed by atoms with Crippen molar-refractivity contribution in [1.82, 2.24) is 4.90 Å². The predicted octanol–water partition coefficient (Wildman–Crippen LogP) is 7.73. The van der Waals surface area contributed by atoms with Crippen LogP contribution >= 0.6 is 0 Å². The van der Waals surface area contributed by atoms with Crippen molar-refractivity contribution in [3.63, 3.8) is 0 Å². The highest BCUT2D eigenvalue weighted by atomic mass is 16.2. The number of nitrogens with one attached hydrogen (secondary N) is 1. The summed E-state index contributed by atoms with van der Waals surface area (Å²) in [6.45, 7) is 11.3. The number of anilines is 1. The number of rotatable bonds is 7. The number of hydrogen-bond donors (Lipinski definition) is 1. The van der Waals surface area contributed by atoms with Crippen LogP contribution in [0, 0.1) is 0 Å². The number of amides is 2. The van der Waals surface area contributed by atoms with Crippen LogP contribution in [0.2, 0.25) is 0 Å². The maximum atomic E-state index is 13.7. The first-order valence-corrected chi connectivity index (χ1v) is 11.2. The molecule has 0 heterocycles. The molecule has 2 amide bonds. The van der Waals surface area contributed by atoms with E-state index in [1.54, 1.807) is 0 Å². The highest BCUT2D eigenvalue weighted by Crippen LogP contribution is 2.33. The fraction of sp³-hybridized carbons (Fsp3) is 0.321. The predicted molar refractivity (Wildman–Crippen MR) is 130 cm³/mol. The van der Waals surface area contributed by atoms with E-state index in [-0.39, 0.29) is 12.1 Å². The van der Waals surface area contributed by atoms with Crippen LogP contribution in [0.25, 0.3) is 0 Å². The van der Waals surface area contributed by atoms with E-state index in [1.165, 1.54) is 11.1 Å². The molecule has 0 spiro atoms. The average molecular weight is 415 g/mol. The van der Waals surface area contributed by atoms with Gasteiger partial charge in [-0.2, -0.15) is 0 Å². The number of urea groups is 1. The Morgan fingerprint density at radius 1 is 0.742 bits per heavy atom. The fourth-order valence-electron chi connectivity index (χ4n) is 3.95. The van der Waals surface area contributed by atoms with Crippen molar-refractivity contribution in [2.45, 2.75) is 59.0 Å². The Bertz CT molecular complexity index is 954. The molecule has 3 rings (SSSR count). The fourth-order valence-corrected chi connectivity index (χ4v) is 3.95. The van der Waals surface area contributed by atoms with Gasteiger partial charge in [0.2, 0.25) is 0 Å². The van der Waals surface area contributed by atoms with Crippen LogP contribution in [0.15, 0.2) is 78.9 Å². The van der Waals surface area contributed by atoms with E-state index >= 15 is 0 Å². The largest absolute Gasteiger partial charge is 0.322 e. The van der Waals surface area contributed by atoms with Gasteiger partial charge < -0.3 is 10.2 Å². The number of benzene rings is 3. The van der Waals surface area contributed by atoms with E-state index < -0.39 is 0 Å². The zero-order valence-corrected chi connectivity index (χ0v) is 19.3. The van der Waals surface area contributed by atoms with Gasteiger partial charge in [0.25, 0.3) is 0 Å². The maximum absolute atomic E-state index is 13.7. The first-order chi connectivity index (χ1) is 14.9. The van der Waals surface area contributed by atoms with Crippen molar-refractivity contribution in [3.05, 3.63) is 101 Å². The van der Waals surface area contributed by atoms with Gasteiger partial charge in [-0.1, -0.05) is 107 Å². The highest BCUT2D eigenvalue weighted by Gasteiger charge is 2.24. The van der Waals surface area contributed by atoms with Gasteiger partial charge in [-0.25, -0.2) is 4.79 Å². The van der Waals surface area contributed by atoms with Gasteiger partial charge in [-0.3, -0.25) is 0 Å². The molecular weight excluding hydrogens is 380 g/mol. The van der Waals surface area contributed by atoms with Crippen molar-refractivity contribution in [2.24, 2.45) is 0 Å². The number of carbonyl (C=O) groups excluding carboxylic acids is 1. The summed E-state index contributed by atoms with van der Waals surface area (Å²) in [6.07, 6.45) is 0. The van der Waals surface area contributed by atoms with E-state index in [2.05, 4.69) is 82.4 Å². The van der Waals surface area contributed by atoms with E-state index in [0.717, 1.165) is 16.8 Å². The average Bonchev–Trinajstić information content (AvgIpc) is 2.78. The molecule has 0 bridgehead atoms. The van der Waals surface area contributed by atoms with E-state index in [9.17, 15) is 4.79 Å². The Morgan fingerprint density at radius 2 is 1.26 bits per heavy atom. The summed E-state index contributed by atoms with van der Waals surface area (Å²) in [7, 11) is 0. The van der Waals surface area contributed by atoms with Crippen molar-refractivity contribution in [1.29, 1.82) is 0 Å². The van der Waals surface area contributed by atoms with Gasteiger partial charge in [0, 0.05) is 12.2 Å². The monoisotopic (exact) mass is 414 g/mol. The molecule has 1 N–H and O–H groups in total. The van der Waals surface area contributed by atoms with Gasteiger partial charge in [0.05, 0.1) is 6.04 Å². The summed E-state index contributed by atoms with van der Waals surface area (Å²) in [5, 5.41) is 3.30. The molecule has 0 saturated heterocycles. The molecule has 162 valence electrons. The molecule has 0 aliphatic rings. The minimum absolute atomic E-state index is 0.0601. The van der Waals surface area contributed by atoms with Crippen LogP contribution in [0.1, 0.15) is 74.8 Å².